The normalized spacial score (nSPS) is 10.8. The van der Waals surface area contributed by atoms with E-state index in [0.29, 0.717) is 32.8 Å². The summed E-state index contributed by atoms with van der Waals surface area (Å²) in [5, 5.41) is 4.94. The van der Waals surface area contributed by atoms with E-state index in [1.807, 2.05) is 24.3 Å². The monoisotopic (exact) mass is 382 g/mol. The summed E-state index contributed by atoms with van der Waals surface area (Å²) in [7, 11) is 0. The van der Waals surface area contributed by atoms with Gasteiger partial charge in [-0.3, -0.25) is 0 Å². The third-order valence-electron chi connectivity index (χ3n) is 3.00. The predicted molar refractivity (Wildman–Crippen MR) is 89.5 cm³/mol. The number of benzene rings is 2. The Kier molecular flexibility index (Phi) is 3.93. The molecule has 0 aliphatic heterocycles. The van der Waals surface area contributed by atoms with Crippen molar-refractivity contribution in [3.05, 3.63) is 57.0 Å². The second-order valence-electron chi connectivity index (χ2n) is 4.41. The van der Waals surface area contributed by atoms with Crippen molar-refractivity contribution in [2.45, 2.75) is 0 Å². The lowest BCUT2D eigenvalue weighted by molar-refractivity contribution is 0.436. The fraction of sp³-hybridized carbons (Fsp3) is 0. The zero-order valence-corrected chi connectivity index (χ0v) is 13.7. The van der Waals surface area contributed by atoms with Crippen molar-refractivity contribution >= 4 is 44.9 Å². The maximum Gasteiger partial charge on any atom is 0.178 e. The number of nitrogen functional groups attached to an aromatic ring is 1. The lowest BCUT2D eigenvalue weighted by Gasteiger charge is -2.05. The zero-order valence-electron chi connectivity index (χ0n) is 10.6. The van der Waals surface area contributed by atoms with Gasteiger partial charge >= 0.3 is 0 Å². The maximum absolute atomic E-state index is 6.23. The van der Waals surface area contributed by atoms with Crippen LogP contribution in [0.25, 0.3) is 22.5 Å². The third-order valence-corrected chi connectivity index (χ3v) is 4.06. The molecule has 0 aliphatic rings. The zero-order chi connectivity index (χ0) is 15.0. The molecule has 0 spiro atoms. The molecule has 0 aliphatic carbocycles. The van der Waals surface area contributed by atoms with E-state index in [1.54, 1.807) is 18.2 Å². The van der Waals surface area contributed by atoms with Crippen molar-refractivity contribution in [3.8, 4) is 22.5 Å². The topological polar surface area (TPSA) is 52.0 Å². The molecule has 1 heterocycles. The molecule has 3 aromatic rings. The first-order valence-corrected chi connectivity index (χ1v) is 7.57. The van der Waals surface area contributed by atoms with Gasteiger partial charge in [-0.05, 0) is 35.9 Å². The van der Waals surface area contributed by atoms with E-state index in [9.17, 15) is 0 Å². The van der Waals surface area contributed by atoms with Gasteiger partial charge in [0.1, 0.15) is 0 Å². The Balaban J connectivity index is 2.24. The van der Waals surface area contributed by atoms with Crippen LogP contribution in [-0.4, -0.2) is 5.16 Å². The average Bonchev–Trinajstić information content (AvgIpc) is 2.83. The molecule has 0 fully saturated rings. The van der Waals surface area contributed by atoms with Gasteiger partial charge in [0.25, 0.3) is 0 Å². The van der Waals surface area contributed by atoms with E-state index >= 15 is 0 Å². The van der Waals surface area contributed by atoms with Gasteiger partial charge < -0.3 is 10.3 Å². The highest BCUT2D eigenvalue weighted by atomic mass is 79.9. The molecule has 0 radical (unpaired) electrons. The molecule has 2 N–H and O–H groups in total. The van der Waals surface area contributed by atoms with Gasteiger partial charge in [-0.25, -0.2) is 0 Å². The molecule has 3 nitrogen and oxygen atoms in total. The number of anilines is 1. The largest absolute Gasteiger partial charge is 0.380 e. The highest BCUT2D eigenvalue weighted by Crippen LogP contribution is 2.40. The summed E-state index contributed by atoms with van der Waals surface area (Å²) >= 11 is 15.7. The van der Waals surface area contributed by atoms with Crippen LogP contribution in [-0.2, 0) is 0 Å². The van der Waals surface area contributed by atoms with E-state index < -0.39 is 0 Å². The Labute approximate surface area is 139 Å². The molecule has 6 heteroatoms. The van der Waals surface area contributed by atoms with Crippen LogP contribution in [0.15, 0.2) is 51.5 Å². The molecule has 0 atom stereocenters. The van der Waals surface area contributed by atoms with E-state index in [2.05, 4.69) is 21.1 Å². The van der Waals surface area contributed by atoms with Crippen molar-refractivity contribution in [2.75, 3.05) is 5.73 Å². The minimum absolute atomic E-state index is 0.305. The van der Waals surface area contributed by atoms with Crippen molar-refractivity contribution in [2.24, 2.45) is 0 Å². The molecular formula is C15H9BrCl2N2O. The van der Waals surface area contributed by atoms with Crippen LogP contribution in [0, 0.1) is 0 Å². The van der Waals surface area contributed by atoms with Crippen LogP contribution < -0.4 is 5.73 Å². The number of hydrogen-bond acceptors (Lipinski definition) is 3. The fourth-order valence-electron chi connectivity index (χ4n) is 2.08. The van der Waals surface area contributed by atoms with Crippen LogP contribution in [0.2, 0.25) is 10.0 Å². The third kappa shape index (κ3) is 2.79. The van der Waals surface area contributed by atoms with Gasteiger partial charge in [0.05, 0.1) is 10.6 Å². The first-order chi connectivity index (χ1) is 10.1. The van der Waals surface area contributed by atoms with Gasteiger partial charge in [0.2, 0.25) is 0 Å². The second-order valence-corrected chi connectivity index (χ2v) is 6.17. The average molecular weight is 384 g/mol. The number of halogens is 3. The lowest BCUT2D eigenvalue weighted by atomic mass is 10.0. The van der Waals surface area contributed by atoms with Gasteiger partial charge in [-0.1, -0.05) is 56.4 Å². The summed E-state index contributed by atoms with van der Waals surface area (Å²) in [6.07, 6.45) is 0. The summed E-state index contributed by atoms with van der Waals surface area (Å²) < 4.78 is 6.31. The number of aromatic nitrogens is 1. The van der Waals surface area contributed by atoms with E-state index in [0.717, 1.165) is 10.0 Å². The molecule has 2 aromatic carbocycles. The van der Waals surface area contributed by atoms with Crippen molar-refractivity contribution in [3.63, 3.8) is 0 Å². The Morgan fingerprint density at radius 3 is 2.67 bits per heavy atom. The molecule has 0 amide bonds. The summed E-state index contributed by atoms with van der Waals surface area (Å²) in [5.41, 5.74) is 8.19. The van der Waals surface area contributed by atoms with Crippen LogP contribution in [0.3, 0.4) is 0 Å². The van der Waals surface area contributed by atoms with Crippen LogP contribution >= 0.6 is 39.1 Å². The van der Waals surface area contributed by atoms with Gasteiger partial charge in [-0.2, -0.15) is 0 Å². The minimum Gasteiger partial charge on any atom is -0.380 e. The summed E-state index contributed by atoms with van der Waals surface area (Å²) in [6.45, 7) is 0. The number of nitrogens with zero attached hydrogens (tertiary/aromatic N) is 1. The summed E-state index contributed by atoms with van der Waals surface area (Å²) in [6, 6.07) is 12.9. The summed E-state index contributed by atoms with van der Waals surface area (Å²) in [4.78, 5) is 0. The second kappa shape index (κ2) is 5.72. The SMILES string of the molecule is Nc1noc(-c2cc(Cl)ccc2Cl)c1-c1cccc(Br)c1. The van der Waals surface area contributed by atoms with E-state index in [1.165, 1.54) is 0 Å². The van der Waals surface area contributed by atoms with Gasteiger partial charge in [0, 0.05) is 15.1 Å². The van der Waals surface area contributed by atoms with Crippen molar-refractivity contribution < 1.29 is 4.52 Å². The van der Waals surface area contributed by atoms with Crippen LogP contribution in [0.1, 0.15) is 0 Å². The molecule has 0 saturated heterocycles. The Bertz CT molecular complexity index is 817. The number of rotatable bonds is 2. The summed E-state index contributed by atoms with van der Waals surface area (Å²) in [5.74, 6) is 0.803. The van der Waals surface area contributed by atoms with Gasteiger partial charge in [0.15, 0.2) is 11.6 Å². The standard InChI is InChI=1S/C15H9BrCl2N2O/c16-9-3-1-2-8(6-9)13-14(21-20-15(13)19)11-7-10(17)4-5-12(11)18/h1-7H,(H2,19,20). The molecule has 1 aromatic heterocycles. The molecule has 106 valence electrons. The highest BCUT2D eigenvalue weighted by molar-refractivity contribution is 9.10. The van der Waals surface area contributed by atoms with Crippen molar-refractivity contribution in [1.29, 1.82) is 0 Å². The quantitative estimate of drug-likeness (QED) is 0.621. The first kappa shape index (κ1) is 14.4. The Morgan fingerprint density at radius 2 is 1.90 bits per heavy atom. The molecule has 0 unspecified atom stereocenters. The molecule has 21 heavy (non-hydrogen) atoms. The smallest absolute Gasteiger partial charge is 0.178 e. The maximum atomic E-state index is 6.23. The molecule has 0 bridgehead atoms. The number of nitrogens with two attached hydrogens (primary N) is 1. The van der Waals surface area contributed by atoms with E-state index in [4.69, 9.17) is 33.5 Å². The Morgan fingerprint density at radius 1 is 1.10 bits per heavy atom. The molecular weight excluding hydrogens is 375 g/mol. The predicted octanol–water partition coefficient (Wildman–Crippen LogP) is 5.66. The minimum atomic E-state index is 0.305. The van der Waals surface area contributed by atoms with Crippen LogP contribution in [0.4, 0.5) is 5.82 Å². The molecule has 0 saturated carbocycles. The van der Waals surface area contributed by atoms with Crippen molar-refractivity contribution in [1.82, 2.24) is 5.16 Å². The lowest BCUT2D eigenvalue weighted by Crippen LogP contribution is -1.89. The fourth-order valence-corrected chi connectivity index (χ4v) is 2.86. The van der Waals surface area contributed by atoms with Crippen LogP contribution in [0.5, 0.6) is 0 Å². The van der Waals surface area contributed by atoms with Gasteiger partial charge in [-0.15, -0.1) is 0 Å². The Hall–Kier alpha value is -1.49. The first-order valence-electron chi connectivity index (χ1n) is 6.03. The van der Waals surface area contributed by atoms with E-state index in [-0.39, 0.29) is 0 Å². The highest BCUT2D eigenvalue weighted by Gasteiger charge is 2.20. The molecule has 3 rings (SSSR count). The number of hydrogen-bond donors (Lipinski definition) is 1.